The molecule has 0 saturated heterocycles. The molecule has 190 valence electrons. The molecular weight excluding hydrogens is 480 g/mol. The van der Waals surface area contributed by atoms with Crippen molar-refractivity contribution in [3.63, 3.8) is 0 Å². The Morgan fingerprint density at radius 3 is 2.23 bits per heavy atom. The molecule has 0 aromatic heterocycles. The van der Waals surface area contributed by atoms with Crippen LogP contribution in [0.15, 0.2) is 42.5 Å². The Morgan fingerprint density at radius 1 is 1.11 bits per heavy atom. The Kier molecular flexibility index (Phi) is 9.00. The van der Waals surface area contributed by atoms with E-state index < -0.39 is 39.3 Å². The van der Waals surface area contributed by atoms with Gasteiger partial charge in [0.2, 0.25) is 21.8 Å². The van der Waals surface area contributed by atoms with Crippen LogP contribution in [0, 0.1) is 10.1 Å². The van der Waals surface area contributed by atoms with E-state index in [0.717, 1.165) is 22.7 Å². The molecule has 2 aromatic carbocycles. The Morgan fingerprint density at radius 2 is 1.74 bits per heavy atom. The lowest BCUT2D eigenvalue weighted by Crippen LogP contribution is -2.50. The summed E-state index contributed by atoms with van der Waals surface area (Å²) < 4.78 is 36.4. The lowest BCUT2D eigenvalue weighted by molar-refractivity contribution is -0.384. The van der Waals surface area contributed by atoms with Gasteiger partial charge in [-0.2, -0.15) is 0 Å². The molecule has 0 unspecified atom stereocenters. The third-order valence-corrected chi connectivity index (χ3v) is 6.37. The number of ether oxygens (including phenoxy) is 2. The average Bonchev–Trinajstić information content (AvgIpc) is 2.83. The van der Waals surface area contributed by atoms with E-state index in [1.54, 1.807) is 24.3 Å². The second-order valence-electron chi connectivity index (χ2n) is 7.54. The standard InChI is InChI=1S/C22H28N4O8S/c1-15(22(28)23-2)24(13-16-6-9-18(33-3)10-7-16)21(27)14-25(35(5,31)32)19-12-17(26(29)30)8-11-20(19)34-4/h6-12,15H,13-14H2,1-5H3,(H,23,28)/t15-/m1/s1. The number of nitro groups is 1. The summed E-state index contributed by atoms with van der Waals surface area (Å²) in [5, 5.41) is 13.7. The quantitative estimate of drug-likeness (QED) is 0.355. The van der Waals surface area contributed by atoms with Gasteiger partial charge in [-0.25, -0.2) is 8.42 Å². The molecule has 2 rings (SSSR count). The van der Waals surface area contributed by atoms with Crippen LogP contribution in [0.2, 0.25) is 0 Å². The number of carbonyl (C=O) groups excluding carboxylic acids is 2. The number of nitrogens with one attached hydrogen (secondary N) is 1. The molecule has 2 aromatic rings. The van der Waals surface area contributed by atoms with Crippen molar-refractivity contribution in [1.29, 1.82) is 0 Å². The zero-order valence-electron chi connectivity index (χ0n) is 20.0. The predicted octanol–water partition coefficient (Wildman–Crippen LogP) is 1.54. The lowest BCUT2D eigenvalue weighted by atomic mass is 10.1. The zero-order chi connectivity index (χ0) is 26.3. The van der Waals surface area contributed by atoms with Crippen molar-refractivity contribution in [1.82, 2.24) is 10.2 Å². The molecule has 0 radical (unpaired) electrons. The minimum atomic E-state index is -4.09. The molecule has 0 aliphatic carbocycles. The maximum atomic E-state index is 13.4. The van der Waals surface area contributed by atoms with Gasteiger partial charge in [-0.05, 0) is 30.7 Å². The van der Waals surface area contributed by atoms with Crippen molar-refractivity contribution in [3.05, 3.63) is 58.1 Å². The number of anilines is 1. The van der Waals surface area contributed by atoms with Gasteiger partial charge in [0.25, 0.3) is 5.69 Å². The molecule has 2 amide bonds. The van der Waals surface area contributed by atoms with Crippen LogP contribution in [-0.2, 0) is 26.2 Å². The highest BCUT2D eigenvalue weighted by molar-refractivity contribution is 7.92. The fraction of sp³-hybridized carbons (Fsp3) is 0.364. The van der Waals surface area contributed by atoms with Gasteiger partial charge in [0.05, 0.1) is 25.4 Å². The molecule has 1 N–H and O–H groups in total. The van der Waals surface area contributed by atoms with E-state index >= 15 is 0 Å². The second kappa shape index (κ2) is 11.5. The minimum absolute atomic E-state index is 0.00108. The lowest BCUT2D eigenvalue weighted by Gasteiger charge is -2.31. The zero-order valence-corrected chi connectivity index (χ0v) is 20.9. The van der Waals surface area contributed by atoms with Crippen LogP contribution in [0.5, 0.6) is 11.5 Å². The molecule has 35 heavy (non-hydrogen) atoms. The van der Waals surface area contributed by atoms with Crippen LogP contribution in [0.3, 0.4) is 0 Å². The molecule has 13 heteroatoms. The summed E-state index contributed by atoms with van der Waals surface area (Å²) in [5.74, 6) is -0.525. The number of amides is 2. The number of rotatable bonds is 11. The van der Waals surface area contributed by atoms with Crippen LogP contribution in [-0.4, -0.2) is 70.2 Å². The first-order valence-corrected chi connectivity index (χ1v) is 12.2. The van der Waals surface area contributed by atoms with E-state index in [1.807, 2.05) is 0 Å². The van der Waals surface area contributed by atoms with Crippen LogP contribution in [0.1, 0.15) is 12.5 Å². The van der Waals surface area contributed by atoms with E-state index in [0.29, 0.717) is 11.3 Å². The summed E-state index contributed by atoms with van der Waals surface area (Å²) in [6, 6.07) is 9.30. The van der Waals surface area contributed by atoms with Crippen molar-refractivity contribution in [2.75, 3.05) is 38.4 Å². The highest BCUT2D eigenvalue weighted by Crippen LogP contribution is 2.33. The first-order valence-electron chi connectivity index (χ1n) is 10.4. The molecule has 0 bridgehead atoms. The number of hydrogen-bond acceptors (Lipinski definition) is 8. The van der Waals surface area contributed by atoms with E-state index in [9.17, 15) is 28.1 Å². The van der Waals surface area contributed by atoms with Crippen molar-refractivity contribution < 1.29 is 32.4 Å². The minimum Gasteiger partial charge on any atom is -0.497 e. The van der Waals surface area contributed by atoms with Gasteiger partial charge in [-0.1, -0.05) is 12.1 Å². The van der Waals surface area contributed by atoms with E-state index in [1.165, 1.54) is 39.2 Å². The smallest absolute Gasteiger partial charge is 0.271 e. The van der Waals surface area contributed by atoms with E-state index in [2.05, 4.69) is 5.32 Å². The van der Waals surface area contributed by atoms with Crippen molar-refractivity contribution in [3.8, 4) is 11.5 Å². The SMILES string of the molecule is CNC(=O)[C@@H](C)N(Cc1ccc(OC)cc1)C(=O)CN(c1cc([N+](=O)[O-])ccc1OC)S(C)(=O)=O. The number of hydrogen-bond donors (Lipinski definition) is 1. The summed E-state index contributed by atoms with van der Waals surface area (Å²) in [4.78, 5) is 37.6. The number of likely N-dealkylation sites (N-methyl/N-ethyl adjacent to an activating group) is 1. The molecule has 12 nitrogen and oxygen atoms in total. The Hall–Kier alpha value is -3.87. The molecule has 0 heterocycles. The third-order valence-electron chi connectivity index (χ3n) is 5.25. The number of nitro benzene ring substituents is 1. The van der Waals surface area contributed by atoms with Gasteiger partial charge < -0.3 is 19.7 Å². The highest BCUT2D eigenvalue weighted by atomic mass is 32.2. The second-order valence-corrected chi connectivity index (χ2v) is 9.45. The summed E-state index contributed by atoms with van der Waals surface area (Å²) in [6.45, 7) is 0.800. The fourth-order valence-corrected chi connectivity index (χ4v) is 4.15. The molecule has 0 aliphatic rings. The molecule has 0 aliphatic heterocycles. The normalized spacial score (nSPS) is 11.8. The van der Waals surface area contributed by atoms with Gasteiger partial charge in [0, 0.05) is 25.7 Å². The van der Waals surface area contributed by atoms with Gasteiger partial charge in [-0.3, -0.25) is 24.0 Å². The van der Waals surface area contributed by atoms with Crippen LogP contribution in [0.4, 0.5) is 11.4 Å². The maximum absolute atomic E-state index is 13.4. The van der Waals surface area contributed by atoms with Crippen LogP contribution in [0.25, 0.3) is 0 Å². The third kappa shape index (κ3) is 6.82. The monoisotopic (exact) mass is 508 g/mol. The molecule has 0 fully saturated rings. The topological polar surface area (TPSA) is 148 Å². The van der Waals surface area contributed by atoms with Crippen LogP contribution < -0.4 is 19.1 Å². The first kappa shape index (κ1) is 27.4. The average molecular weight is 509 g/mol. The summed E-state index contributed by atoms with van der Waals surface area (Å²) >= 11 is 0. The predicted molar refractivity (Wildman–Crippen MR) is 129 cm³/mol. The number of sulfonamides is 1. The Labute approximate surface area is 203 Å². The molecule has 1 atom stereocenters. The van der Waals surface area contributed by atoms with Crippen molar-refractivity contribution in [2.24, 2.45) is 0 Å². The number of non-ortho nitro benzene ring substituents is 1. The van der Waals surface area contributed by atoms with Crippen LogP contribution >= 0.6 is 0 Å². The van der Waals surface area contributed by atoms with Gasteiger partial charge in [-0.15, -0.1) is 0 Å². The van der Waals surface area contributed by atoms with E-state index in [-0.39, 0.29) is 23.7 Å². The fourth-order valence-electron chi connectivity index (χ4n) is 3.30. The summed E-state index contributed by atoms with van der Waals surface area (Å²) in [5.41, 5.74) is 0.124. The van der Waals surface area contributed by atoms with Gasteiger partial charge in [0.1, 0.15) is 29.8 Å². The summed E-state index contributed by atoms with van der Waals surface area (Å²) in [6.07, 6.45) is 0.870. The number of methoxy groups -OCH3 is 2. The highest BCUT2D eigenvalue weighted by Gasteiger charge is 2.31. The van der Waals surface area contributed by atoms with Crippen molar-refractivity contribution in [2.45, 2.75) is 19.5 Å². The van der Waals surface area contributed by atoms with Gasteiger partial charge >= 0.3 is 0 Å². The maximum Gasteiger partial charge on any atom is 0.271 e. The first-order chi connectivity index (χ1) is 16.4. The molecular formula is C22H28N4O8S. The number of benzene rings is 2. The molecule has 0 spiro atoms. The largest absolute Gasteiger partial charge is 0.497 e. The molecule has 0 saturated carbocycles. The van der Waals surface area contributed by atoms with Gasteiger partial charge in [0.15, 0.2) is 0 Å². The van der Waals surface area contributed by atoms with Crippen molar-refractivity contribution >= 4 is 33.2 Å². The summed E-state index contributed by atoms with van der Waals surface area (Å²) in [7, 11) is 0.122. The number of carbonyl (C=O) groups is 2. The van der Waals surface area contributed by atoms with E-state index in [4.69, 9.17) is 9.47 Å². The Bertz CT molecular complexity index is 1180. The Balaban J connectivity index is 2.49. The number of nitrogens with zero attached hydrogens (tertiary/aromatic N) is 3.